The van der Waals surface area contributed by atoms with Crippen LogP contribution in [0.15, 0.2) is 54.7 Å². The number of carbonyl (C=O) groups excluding carboxylic acids is 3. The van der Waals surface area contributed by atoms with Crippen LogP contribution in [0.4, 0.5) is 0 Å². The van der Waals surface area contributed by atoms with Gasteiger partial charge in [0.15, 0.2) is 0 Å². The van der Waals surface area contributed by atoms with E-state index in [2.05, 4.69) is 0 Å². The predicted molar refractivity (Wildman–Crippen MR) is 85.3 cm³/mol. The Hall–Kier alpha value is -3.41. The summed E-state index contributed by atoms with van der Waals surface area (Å²) in [5.41, 5.74) is 1.69. The predicted octanol–water partition coefficient (Wildman–Crippen LogP) is 2.55. The van der Waals surface area contributed by atoms with E-state index in [0.29, 0.717) is 5.06 Å². The minimum absolute atomic E-state index is 0.230. The van der Waals surface area contributed by atoms with Gasteiger partial charge >= 0.3 is 5.97 Å². The van der Waals surface area contributed by atoms with Gasteiger partial charge in [0, 0.05) is 24.1 Å². The number of benzene rings is 2. The summed E-state index contributed by atoms with van der Waals surface area (Å²) in [6.45, 7) is 0. The van der Waals surface area contributed by atoms with Gasteiger partial charge in [-0.2, -0.15) is 0 Å². The molecule has 1 aliphatic rings. The Morgan fingerprint density at radius 2 is 1.62 bits per heavy atom. The Balaban J connectivity index is 1.62. The lowest BCUT2D eigenvalue weighted by atomic mass is 10.1. The van der Waals surface area contributed by atoms with E-state index in [1.54, 1.807) is 30.3 Å². The minimum Gasteiger partial charge on any atom is -0.351 e. The zero-order valence-electron chi connectivity index (χ0n) is 12.7. The largest absolute Gasteiger partial charge is 0.363 e. The molecule has 0 atom stereocenters. The van der Waals surface area contributed by atoms with Crippen LogP contribution in [0.25, 0.3) is 10.9 Å². The summed E-state index contributed by atoms with van der Waals surface area (Å²) in [4.78, 5) is 41.8. The maximum atomic E-state index is 12.3. The molecule has 1 aromatic heterocycles. The quantitative estimate of drug-likeness (QED) is 0.681. The molecule has 0 bridgehead atoms. The number of amides is 2. The number of fused-ring (bicyclic) bond motifs is 2. The van der Waals surface area contributed by atoms with Crippen LogP contribution >= 0.6 is 0 Å². The first kappa shape index (κ1) is 14.2. The maximum Gasteiger partial charge on any atom is 0.363 e. The van der Waals surface area contributed by atoms with Gasteiger partial charge in [0.05, 0.1) is 16.7 Å². The van der Waals surface area contributed by atoms with E-state index < -0.39 is 17.8 Å². The normalized spacial score (nSPS) is 13.5. The lowest BCUT2D eigenvalue weighted by molar-refractivity contribution is -0.0584. The summed E-state index contributed by atoms with van der Waals surface area (Å²) in [5, 5.41) is 1.39. The van der Waals surface area contributed by atoms with Crippen molar-refractivity contribution in [2.24, 2.45) is 7.05 Å². The molecule has 3 aromatic rings. The summed E-state index contributed by atoms with van der Waals surface area (Å²) in [6.07, 6.45) is 1.88. The van der Waals surface area contributed by atoms with Crippen LogP contribution in [0.1, 0.15) is 31.1 Å². The molecule has 0 aliphatic carbocycles. The van der Waals surface area contributed by atoms with Gasteiger partial charge in [0.2, 0.25) is 0 Å². The Labute approximate surface area is 136 Å². The van der Waals surface area contributed by atoms with Crippen molar-refractivity contribution < 1.29 is 19.2 Å². The molecular weight excluding hydrogens is 308 g/mol. The molecule has 0 saturated heterocycles. The smallest absolute Gasteiger partial charge is 0.351 e. The highest BCUT2D eigenvalue weighted by Crippen LogP contribution is 2.24. The van der Waals surface area contributed by atoms with E-state index in [1.165, 1.54) is 12.1 Å². The minimum atomic E-state index is -0.754. The number of hydrogen-bond acceptors (Lipinski definition) is 4. The number of hydrogen-bond donors (Lipinski definition) is 0. The average molecular weight is 320 g/mol. The monoisotopic (exact) mass is 320 g/mol. The second kappa shape index (κ2) is 5.06. The van der Waals surface area contributed by atoms with Crippen molar-refractivity contribution in [2.75, 3.05) is 0 Å². The molecular formula is C18H12N2O4. The summed E-state index contributed by atoms with van der Waals surface area (Å²) >= 11 is 0. The second-order valence-corrected chi connectivity index (χ2v) is 5.53. The van der Waals surface area contributed by atoms with Crippen LogP contribution in [-0.4, -0.2) is 27.4 Å². The lowest BCUT2D eigenvalue weighted by Gasteiger charge is -2.12. The van der Waals surface area contributed by atoms with Crippen molar-refractivity contribution in [3.05, 3.63) is 71.4 Å². The molecule has 4 rings (SSSR count). The molecule has 0 unspecified atom stereocenters. The zero-order chi connectivity index (χ0) is 16.8. The number of rotatable bonds is 2. The van der Waals surface area contributed by atoms with Crippen molar-refractivity contribution in [1.82, 2.24) is 9.63 Å². The Morgan fingerprint density at radius 1 is 0.958 bits per heavy atom. The molecule has 1 aliphatic heterocycles. The van der Waals surface area contributed by atoms with Crippen LogP contribution in [0.5, 0.6) is 0 Å². The van der Waals surface area contributed by atoms with Gasteiger partial charge < -0.3 is 9.40 Å². The molecule has 0 fully saturated rings. The summed E-state index contributed by atoms with van der Waals surface area (Å²) < 4.78 is 1.93. The fraction of sp³-hybridized carbons (Fsp3) is 0.0556. The lowest BCUT2D eigenvalue weighted by Crippen LogP contribution is -2.32. The van der Waals surface area contributed by atoms with Gasteiger partial charge in [-0.15, -0.1) is 0 Å². The molecule has 2 amide bonds. The third-order valence-corrected chi connectivity index (χ3v) is 4.05. The maximum absolute atomic E-state index is 12.3. The molecule has 24 heavy (non-hydrogen) atoms. The van der Waals surface area contributed by atoms with E-state index in [4.69, 9.17) is 4.84 Å². The van der Waals surface area contributed by atoms with Gasteiger partial charge in [0.1, 0.15) is 0 Å². The molecule has 0 saturated carbocycles. The van der Waals surface area contributed by atoms with Crippen molar-refractivity contribution in [3.63, 3.8) is 0 Å². The van der Waals surface area contributed by atoms with E-state index in [0.717, 1.165) is 10.9 Å². The standard InChI is InChI=1S/C18H12N2O4/c1-19-9-8-11-10-12(6-7-15(11)19)18(23)24-20-16(21)13-4-2-3-5-14(13)17(20)22/h2-10H,1H3. The highest BCUT2D eigenvalue weighted by molar-refractivity contribution is 6.21. The third kappa shape index (κ3) is 2.00. The van der Waals surface area contributed by atoms with Crippen LogP contribution in [0.2, 0.25) is 0 Å². The highest BCUT2D eigenvalue weighted by Gasteiger charge is 2.38. The van der Waals surface area contributed by atoms with Gasteiger partial charge in [0.25, 0.3) is 11.8 Å². The van der Waals surface area contributed by atoms with Crippen LogP contribution in [0.3, 0.4) is 0 Å². The first-order chi connectivity index (χ1) is 11.6. The zero-order valence-corrected chi connectivity index (χ0v) is 12.7. The van der Waals surface area contributed by atoms with Crippen LogP contribution in [-0.2, 0) is 11.9 Å². The number of nitrogens with zero attached hydrogens (tertiary/aromatic N) is 2. The highest BCUT2D eigenvalue weighted by atomic mass is 16.7. The number of hydroxylamine groups is 2. The van der Waals surface area contributed by atoms with E-state index in [9.17, 15) is 14.4 Å². The summed E-state index contributed by atoms with van der Waals surface area (Å²) in [5.74, 6) is -2.02. The number of imide groups is 1. The van der Waals surface area contributed by atoms with Gasteiger partial charge in [-0.05, 0) is 36.4 Å². The van der Waals surface area contributed by atoms with E-state index in [-0.39, 0.29) is 16.7 Å². The molecule has 2 heterocycles. The summed E-state index contributed by atoms with van der Waals surface area (Å²) in [7, 11) is 1.90. The SMILES string of the molecule is Cn1ccc2cc(C(=O)ON3C(=O)c4ccccc4C3=O)ccc21. The first-order valence-corrected chi connectivity index (χ1v) is 7.31. The molecule has 0 N–H and O–H groups in total. The van der Waals surface area contributed by atoms with Crippen molar-refractivity contribution in [3.8, 4) is 0 Å². The number of aromatic nitrogens is 1. The molecule has 0 spiro atoms. The first-order valence-electron chi connectivity index (χ1n) is 7.31. The average Bonchev–Trinajstić information content (AvgIpc) is 3.08. The fourth-order valence-electron chi connectivity index (χ4n) is 2.79. The Kier molecular flexibility index (Phi) is 2.99. The van der Waals surface area contributed by atoms with Crippen LogP contribution in [0, 0.1) is 0 Å². The molecule has 0 radical (unpaired) electrons. The van der Waals surface area contributed by atoms with Gasteiger partial charge in [-0.25, -0.2) is 4.79 Å². The van der Waals surface area contributed by atoms with Crippen molar-refractivity contribution in [2.45, 2.75) is 0 Å². The van der Waals surface area contributed by atoms with E-state index >= 15 is 0 Å². The Bertz CT molecular complexity index is 984. The van der Waals surface area contributed by atoms with Gasteiger partial charge in [-0.3, -0.25) is 9.59 Å². The van der Waals surface area contributed by atoms with Crippen molar-refractivity contribution >= 4 is 28.7 Å². The molecule has 2 aromatic carbocycles. The van der Waals surface area contributed by atoms with Gasteiger partial charge in [-0.1, -0.05) is 17.2 Å². The second-order valence-electron chi connectivity index (χ2n) is 5.53. The number of aryl methyl sites for hydroxylation is 1. The Morgan fingerprint density at radius 3 is 2.29 bits per heavy atom. The van der Waals surface area contributed by atoms with Crippen LogP contribution < -0.4 is 0 Å². The molecule has 6 nitrogen and oxygen atoms in total. The van der Waals surface area contributed by atoms with Crippen molar-refractivity contribution in [1.29, 1.82) is 0 Å². The van der Waals surface area contributed by atoms with E-state index in [1.807, 2.05) is 23.9 Å². The summed E-state index contributed by atoms with van der Waals surface area (Å²) in [6, 6.07) is 13.3. The molecule has 118 valence electrons. The fourth-order valence-corrected chi connectivity index (χ4v) is 2.79. The topological polar surface area (TPSA) is 68.6 Å². The third-order valence-electron chi connectivity index (χ3n) is 4.05. The molecule has 6 heteroatoms. The number of carbonyl (C=O) groups is 3.